The lowest BCUT2D eigenvalue weighted by atomic mass is 10.0. The zero-order valence-corrected chi connectivity index (χ0v) is 16.3. The van der Waals surface area contributed by atoms with Gasteiger partial charge in [0.25, 0.3) is 0 Å². The molecule has 0 aliphatic carbocycles. The molecule has 2 aromatic carbocycles. The number of aliphatic hydroxyl groups excluding tert-OH is 1. The molecule has 146 valence electrons. The number of hydrogen-bond donors (Lipinski definition) is 3. The highest BCUT2D eigenvalue weighted by Crippen LogP contribution is 2.24. The van der Waals surface area contributed by atoms with Crippen LogP contribution >= 0.6 is 0 Å². The van der Waals surface area contributed by atoms with Crippen LogP contribution in [0.3, 0.4) is 0 Å². The molecule has 0 bridgehead atoms. The van der Waals surface area contributed by atoms with Crippen LogP contribution in [0.5, 0.6) is 0 Å². The van der Waals surface area contributed by atoms with Gasteiger partial charge in [0.15, 0.2) is 0 Å². The minimum atomic E-state index is -0.263. The first-order valence-corrected chi connectivity index (χ1v) is 10.1. The van der Waals surface area contributed by atoms with E-state index in [2.05, 4.69) is 60.2 Å². The Morgan fingerprint density at radius 3 is 2.57 bits per heavy atom. The van der Waals surface area contributed by atoms with Crippen molar-refractivity contribution in [2.75, 3.05) is 19.6 Å². The Kier molecular flexibility index (Phi) is 5.86. The van der Waals surface area contributed by atoms with Crippen molar-refractivity contribution in [2.24, 2.45) is 5.92 Å². The molecule has 28 heavy (non-hydrogen) atoms. The zero-order chi connectivity index (χ0) is 19.3. The maximum absolute atomic E-state index is 10.0. The first-order valence-electron chi connectivity index (χ1n) is 10.1. The highest BCUT2D eigenvalue weighted by Gasteiger charge is 2.24. The van der Waals surface area contributed by atoms with E-state index in [4.69, 9.17) is 5.10 Å². The maximum Gasteiger partial charge on any atom is 0.0972 e. The fourth-order valence-corrected chi connectivity index (χ4v) is 3.71. The Balaban J connectivity index is 1.57. The van der Waals surface area contributed by atoms with E-state index in [1.54, 1.807) is 0 Å². The first kappa shape index (κ1) is 18.9. The standard InChI is InChI=1S/C23H28N4O/c1-2-17-8-10-18(11-9-17)23-20(14-24-12-19-13-25-15-22(19)28)16-27(26-23)21-6-4-3-5-7-21/h3-11,16,19,22,24-25,28H,2,12-15H2,1H3. The number of nitrogens with one attached hydrogen (secondary N) is 2. The third kappa shape index (κ3) is 4.17. The first-order chi connectivity index (χ1) is 13.7. The van der Waals surface area contributed by atoms with Crippen molar-refractivity contribution in [2.45, 2.75) is 26.0 Å². The fourth-order valence-electron chi connectivity index (χ4n) is 3.71. The largest absolute Gasteiger partial charge is 0.391 e. The van der Waals surface area contributed by atoms with E-state index in [1.165, 1.54) is 5.56 Å². The zero-order valence-electron chi connectivity index (χ0n) is 16.3. The van der Waals surface area contributed by atoms with E-state index in [9.17, 15) is 5.11 Å². The van der Waals surface area contributed by atoms with Gasteiger partial charge >= 0.3 is 0 Å². The molecule has 2 atom stereocenters. The van der Waals surface area contributed by atoms with Gasteiger partial charge in [0.05, 0.1) is 17.5 Å². The van der Waals surface area contributed by atoms with Crippen LogP contribution in [0.4, 0.5) is 0 Å². The molecule has 3 N–H and O–H groups in total. The molecule has 1 aliphatic rings. The van der Waals surface area contributed by atoms with Gasteiger partial charge in [0.2, 0.25) is 0 Å². The van der Waals surface area contributed by atoms with Crippen LogP contribution in [0.15, 0.2) is 60.8 Å². The average molecular weight is 377 g/mol. The number of aromatic nitrogens is 2. The normalized spacial score (nSPS) is 19.2. The Morgan fingerprint density at radius 1 is 1.11 bits per heavy atom. The van der Waals surface area contributed by atoms with Gasteiger partial charge < -0.3 is 15.7 Å². The number of rotatable bonds is 7. The molecule has 5 nitrogen and oxygen atoms in total. The quantitative estimate of drug-likeness (QED) is 0.593. The van der Waals surface area contributed by atoms with Crippen molar-refractivity contribution in [3.63, 3.8) is 0 Å². The molecule has 5 heteroatoms. The lowest BCUT2D eigenvalue weighted by Gasteiger charge is -2.14. The predicted octanol–water partition coefficient (Wildman–Crippen LogP) is 2.77. The lowest BCUT2D eigenvalue weighted by Crippen LogP contribution is -2.30. The van der Waals surface area contributed by atoms with Crippen LogP contribution in [0, 0.1) is 5.92 Å². The van der Waals surface area contributed by atoms with Crippen LogP contribution in [0.2, 0.25) is 0 Å². The van der Waals surface area contributed by atoms with E-state index < -0.39 is 0 Å². The molecule has 3 aromatic rings. The number of aliphatic hydroxyl groups is 1. The van der Waals surface area contributed by atoms with Crippen LogP contribution < -0.4 is 10.6 Å². The SMILES string of the molecule is CCc1ccc(-c2nn(-c3ccccc3)cc2CNCC2CNCC2O)cc1. The topological polar surface area (TPSA) is 62.1 Å². The summed E-state index contributed by atoms with van der Waals surface area (Å²) in [5, 5.41) is 21.6. The monoisotopic (exact) mass is 376 g/mol. The van der Waals surface area contributed by atoms with Crippen molar-refractivity contribution in [3.05, 3.63) is 71.9 Å². The van der Waals surface area contributed by atoms with Crippen LogP contribution in [0.1, 0.15) is 18.1 Å². The summed E-state index contributed by atoms with van der Waals surface area (Å²) in [5.41, 5.74) is 5.67. The Bertz CT molecular complexity index is 889. The van der Waals surface area contributed by atoms with Crippen molar-refractivity contribution in [3.8, 4) is 16.9 Å². The summed E-state index contributed by atoms with van der Waals surface area (Å²) in [5.74, 6) is 0.261. The van der Waals surface area contributed by atoms with Crippen molar-refractivity contribution < 1.29 is 5.11 Å². The van der Waals surface area contributed by atoms with Gasteiger partial charge in [0.1, 0.15) is 0 Å². The highest BCUT2D eigenvalue weighted by molar-refractivity contribution is 5.63. The van der Waals surface area contributed by atoms with Crippen LogP contribution in [-0.4, -0.2) is 40.6 Å². The third-order valence-corrected chi connectivity index (χ3v) is 5.47. The van der Waals surface area contributed by atoms with Gasteiger partial charge in [-0.2, -0.15) is 5.10 Å². The molecule has 4 rings (SSSR count). The van der Waals surface area contributed by atoms with E-state index in [0.29, 0.717) is 6.54 Å². The van der Waals surface area contributed by atoms with Crippen molar-refractivity contribution in [1.82, 2.24) is 20.4 Å². The molecule has 2 unspecified atom stereocenters. The Morgan fingerprint density at radius 2 is 1.89 bits per heavy atom. The highest BCUT2D eigenvalue weighted by atomic mass is 16.3. The molecule has 1 saturated heterocycles. The minimum absolute atomic E-state index is 0.261. The van der Waals surface area contributed by atoms with E-state index in [-0.39, 0.29) is 12.0 Å². The molecule has 1 aromatic heterocycles. The second-order valence-electron chi connectivity index (χ2n) is 7.45. The summed E-state index contributed by atoms with van der Waals surface area (Å²) in [6, 6.07) is 18.9. The van der Waals surface area contributed by atoms with Gasteiger partial charge in [0, 0.05) is 49.4 Å². The summed E-state index contributed by atoms with van der Waals surface area (Å²) in [6.07, 6.45) is 2.88. The molecular weight excluding hydrogens is 348 g/mol. The van der Waals surface area contributed by atoms with Gasteiger partial charge in [-0.3, -0.25) is 0 Å². The molecule has 0 spiro atoms. The summed E-state index contributed by atoms with van der Waals surface area (Å²) < 4.78 is 1.95. The molecular formula is C23H28N4O. The van der Waals surface area contributed by atoms with Gasteiger partial charge in [-0.25, -0.2) is 4.68 Å². The summed E-state index contributed by atoms with van der Waals surface area (Å²) in [6.45, 7) is 5.23. The lowest BCUT2D eigenvalue weighted by molar-refractivity contribution is 0.146. The Hall–Kier alpha value is -2.47. The van der Waals surface area contributed by atoms with Gasteiger partial charge in [-0.1, -0.05) is 49.4 Å². The fraction of sp³-hybridized carbons (Fsp3) is 0.348. The Labute approximate surface area is 166 Å². The molecule has 0 saturated carbocycles. The molecule has 1 fully saturated rings. The third-order valence-electron chi connectivity index (χ3n) is 5.47. The van der Waals surface area contributed by atoms with Crippen molar-refractivity contribution in [1.29, 1.82) is 0 Å². The van der Waals surface area contributed by atoms with Crippen LogP contribution in [-0.2, 0) is 13.0 Å². The van der Waals surface area contributed by atoms with Gasteiger partial charge in [-0.15, -0.1) is 0 Å². The number of nitrogens with zero attached hydrogens (tertiary/aromatic N) is 2. The van der Waals surface area contributed by atoms with E-state index >= 15 is 0 Å². The molecule has 1 aliphatic heterocycles. The number of benzene rings is 2. The second kappa shape index (κ2) is 8.69. The molecule has 0 amide bonds. The predicted molar refractivity (Wildman–Crippen MR) is 112 cm³/mol. The second-order valence-corrected chi connectivity index (χ2v) is 7.45. The maximum atomic E-state index is 10.0. The number of para-hydroxylation sites is 1. The number of aryl methyl sites for hydroxylation is 1. The van der Waals surface area contributed by atoms with E-state index in [0.717, 1.165) is 48.6 Å². The number of β-amino-alcohol motifs (C(OH)–C–C–N with tert-alkyl or cyclic N) is 1. The molecule has 0 radical (unpaired) electrons. The van der Waals surface area contributed by atoms with Crippen LogP contribution in [0.25, 0.3) is 16.9 Å². The summed E-state index contributed by atoms with van der Waals surface area (Å²) >= 11 is 0. The average Bonchev–Trinajstić information content (AvgIpc) is 3.35. The summed E-state index contributed by atoms with van der Waals surface area (Å²) in [7, 11) is 0. The summed E-state index contributed by atoms with van der Waals surface area (Å²) in [4.78, 5) is 0. The smallest absolute Gasteiger partial charge is 0.0972 e. The molecule has 2 heterocycles. The minimum Gasteiger partial charge on any atom is -0.391 e. The van der Waals surface area contributed by atoms with Gasteiger partial charge in [-0.05, 0) is 24.1 Å². The van der Waals surface area contributed by atoms with E-state index in [1.807, 2.05) is 22.9 Å². The van der Waals surface area contributed by atoms with Crippen molar-refractivity contribution >= 4 is 0 Å². The number of hydrogen-bond acceptors (Lipinski definition) is 4.